The van der Waals surface area contributed by atoms with E-state index in [1.54, 1.807) is 21.0 Å². The molecule has 78 valence electrons. The number of hydrogen-bond acceptors (Lipinski definition) is 3. The van der Waals surface area contributed by atoms with Gasteiger partial charge in [0.15, 0.2) is 0 Å². The summed E-state index contributed by atoms with van der Waals surface area (Å²) in [6.45, 7) is 1.64. The predicted octanol–water partition coefficient (Wildman–Crippen LogP) is 0.112. The summed E-state index contributed by atoms with van der Waals surface area (Å²) in [6, 6.07) is 0. The van der Waals surface area contributed by atoms with E-state index in [2.05, 4.69) is 0 Å². The van der Waals surface area contributed by atoms with Crippen molar-refractivity contribution in [3.8, 4) is 0 Å². The van der Waals surface area contributed by atoms with Crippen LogP contribution in [0.25, 0.3) is 0 Å². The Kier molecular flexibility index (Phi) is 7.66. The van der Waals surface area contributed by atoms with Gasteiger partial charge in [-0.1, -0.05) is 0 Å². The van der Waals surface area contributed by atoms with Crippen molar-refractivity contribution in [3.05, 3.63) is 11.3 Å². The van der Waals surface area contributed by atoms with E-state index in [4.69, 9.17) is 10.8 Å². The Morgan fingerprint density at radius 3 is 2.23 bits per heavy atom. The molecule has 0 rings (SSSR count). The van der Waals surface area contributed by atoms with E-state index in [0.717, 1.165) is 0 Å². The van der Waals surface area contributed by atoms with Crippen LogP contribution in [0.1, 0.15) is 13.3 Å². The summed E-state index contributed by atoms with van der Waals surface area (Å²) in [4.78, 5) is 12.7. The van der Waals surface area contributed by atoms with Gasteiger partial charge in [0, 0.05) is 38.4 Å². The molecule has 0 saturated heterocycles. The molecular formula is C8H17ClN2O2. The lowest BCUT2D eigenvalue weighted by atomic mass is 10.2. The Balaban J connectivity index is 0. The number of aliphatic hydroxyl groups excluding tert-OH is 1. The van der Waals surface area contributed by atoms with Gasteiger partial charge in [0.1, 0.15) is 0 Å². The van der Waals surface area contributed by atoms with Crippen molar-refractivity contribution in [2.45, 2.75) is 13.3 Å². The molecule has 0 fully saturated rings. The lowest BCUT2D eigenvalue weighted by Gasteiger charge is -2.12. The SMILES string of the molecule is CC(C(=O)N(C)C)=C(N)CCO.Cl. The number of halogens is 1. The molecule has 0 atom stereocenters. The summed E-state index contributed by atoms with van der Waals surface area (Å²) < 4.78 is 0. The van der Waals surface area contributed by atoms with Gasteiger partial charge in [0.05, 0.1) is 0 Å². The first kappa shape index (κ1) is 14.8. The average Bonchev–Trinajstić information content (AvgIpc) is 2.02. The van der Waals surface area contributed by atoms with Gasteiger partial charge in [-0.15, -0.1) is 12.4 Å². The van der Waals surface area contributed by atoms with Gasteiger partial charge in [-0.25, -0.2) is 0 Å². The monoisotopic (exact) mass is 208 g/mol. The molecule has 0 aromatic carbocycles. The zero-order valence-corrected chi connectivity index (χ0v) is 9.02. The second kappa shape index (κ2) is 6.74. The number of hydrogen-bond donors (Lipinski definition) is 2. The van der Waals surface area contributed by atoms with Crippen molar-refractivity contribution in [3.63, 3.8) is 0 Å². The molecule has 0 radical (unpaired) electrons. The van der Waals surface area contributed by atoms with E-state index in [-0.39, 0.29) is 24.9 Å². The van der Waals surface area contributed by atoms with Gasteiger partial charge in [0.25, 0.3) is 5.91 Å². The van der Waals surface area contributed by atoms with Crippen LogP contribution < -0.4 is 5.73 Å². The zero-order valence-electron chi connectivity index (χ0n) is 8.20. The Morgan fingerprint density at radius 2 is 1.92 bits per heavy atom. The highest BCUT2D eigenvalue weighted by Gasteiger charge is 2.09. The van der Waals surface area contributed by atoms with Crippen molar-refractivity contribution >= 4 is 18.3 Å². The number of nitrogens with two attached hydrogens (primary N) is 1. The minimum absolute atomic E-state index is 0. The van der Waals surface area contributed by atoms with E-state index in [1.165, 1.54) is 4.90 Å². The Labute approximate surface area is 84.8 Å². The number of carbonyl (C=O) groups is 1. The van der Waals surface area contributed by atoms with E-state index in [0.29, 0.717) is 17.7 Å². The van der Waals surface area contributed by atoms with Gasteiger partial charge < -0.3 is 15.7 Å². The fraction of sp³-hybridized carbons (Fsp3) is 0.625. The molecule has 0 aliphatic carbocycles. The summed E-state index contributed by atoms with van der Waals surface area (Å²) in [6.07, 6.45) is 0.353. The topological polar surface area (TPSA) is 66.6 Å². The van der Waals surface area contributed by atoms with Crippen LogP contribution in [0.4, 0.5) is 0 Å². The normalized spacial score (nSPS) is 11.4. The molecule has 1 amide bonds. The van der Waals surface area contributed by atoms with E-state index < -0.39 is 0 Å². The third-order valence-corrected chi connectivity index (χ3v) is 1.59. The third kappa shape index (κ3) is 4.75. The number of likely N-dealkylation sites (N-methyl/N-ethyl adjacent to an activating group) is 1. The van der Waals surface area contributed by atoms with Gasteiger partial charge in [-0.2, -0.15) is 0 Å². The maximum atomic E-state index is 11.3. The lowest BCUT2D eigenvalue weighted by molar-refractivity contribution is -0.124. The maximum absolute atomic E-state index is 11.3. The first-order valence-corrected chi connectivity index (χ1v) is 3.78. The minimum atomic E-state index is -0.110. The molecule has 0 spiro atoms. The first-order valence-electron chi connectivity index (χ1n) is 3.78. The summed E-state index contributed by atoms with van der Waals surface area (Å²) in [5.74, 6) is -0.110. The standard InChI is InChI=1S/C8H16N2O2.ClH/c1-6(7(9)4-5-11)8(12)10(2)3;/h11H,4-5,9H2,1-3H3;1H. The van der Waals surface area contributed by atoms with Crippen molar-refractivity contribution < 1.29 is 9.90 Å². The van der Waals surface area contributed by atoms with Crippen LogP contribution in [0.3, 0.4) is 0 Å². The van der Waals surface area contributed by atoms with Gasteiger partial charge in [0.2, 0.25) is 0 Å². The minimum Gasteiger partial charge on any atom is -0.402 e. The van der Waals surface area contributed by atoms with Crippen molar-refractivity contribution in [2.75, 3.05) is 20.7 Å². The molecule has 0 aliphatic heterocycles. The van der Waals surface area contributed by atoms with Gasteiger partial charge in [-0.3, -0.25) is 4.79 Å². The quantitative estimate of drug-likeness (QED) is 0.648. The largest absolute Gasteiger partial charge is 0.402 e. The Morgan fingerprint density at radius 1 is 1.46 bits per heavy atom. The van der Waals surface area contributed by atoms with Crippen molar-refractivity contribution in [1.29, 1.82) is 0 Å². The van der Waals surface area contributed by atoms with Crippen LogP contribution in [0.5, 0.6) is 0 Å². The molecule has 4 nitrogen and oxygen atoms in total. The molecule has 0 bridgehead atoms. The van der Waals surface area contributed by atoms with Crippen LogP contribution in [0.15, 0.2) is 11.3 Å². The molecule has 5 heteroatoms. The molecule has 0 heterocycles. The lowest BCUT2D eigenvalue weighted by Crippen LogP contribution is -2.24. The molecular weight excluding hydrogens is 192 g/mol. The highest BCUT2D eigenvalue weighted by atomic mass is 35.5. The zero-order chi connectivity index (χ0) is 9.72. The number of nitrogens with zero attached hydrogens (tertiary/aromatic N) is 1. The number of rotatable bonds is 3. The van der Waals surface area contributed by atoms with E-state index >= 15 is 0 Å². The smallest absolute Gasteiger partial charge is 0.250 e. The van der Waals surface area contributed by atoms with Crippen LogP contribution in [-0.2, 0) is 4.79 Å². The molecule has 0 aromatic heterocycles. The number of aliphatic hydroxyl groups is 1. The average molecular weight is 209 g/mol. The predicted molar refractivity (Wildman–Crippen MR) is 54.5 cm³/mol. The molecule has 0 aromatic rings. The van der Waals surface area contributed by atoms with Crippen LogP contribution in [0.2, 0.25) is 0 Å². The molecule has 13 heavy (non-hydrogen) atoms. The second-order valence-corrected chi connectivity index (χ2v) is 2.82. The molecule has 3 N–H and O–H groups in total. The summed E-state index contributed by atoms with van der Waals surface area (Å²) >= 11 is 0. The second-order valence-electron chi connectivity index (χ2n) is 2.82. The number of amides is 1. The maximum Gasteiger partial charge on any atom is 0.250 e. The highest BCUT2D eigenvalue weighted by Crippen LogP contribution is 2.04. The fourth-order valence-corrected chi connectivity index (χ4v) is 0.781. The Bertz CT molecular complexity index is 202. The summed E-state index contributed by atoms with van der Waals surface area (Å²) in [7, 11) is 3.33. The summed E-state index contributed by atoms with van der Waals surface area (Å²) in [5, 5.41) is 8.57. The van der Waals surface area contributed by atoms with E-state index in [9.17, 15) is 4.79 Å². The van der Waals surface area contributed by atoms with Gasteiger partial charge >= 0.3 is 0 Å². The van der Waals surface area contributed by atoms with Gasteiger partial charge in [-0.05, 0) is 6.92 Å². The van der Waals surface area contributed by atoms with E-state index in [1.807, 2.05) is 0 Å². The van der Waals surface area contributed by atoms with Crippen molar-refractivity contribution in [1.82, 2.24) is 4.90 Å². The summed E-state index contributed by atoms with van der Waals surface area (Å²) in [5.41, 5.74) is 6.50. The fourth-order valence-electron chi connectivity index (χ4n) is 0.781. The third-order valence-electron chi connectivity index (χ3n) is 1.59. The van der Waals surface area contributed by atoms with Crippen LogP contribution >= 0.6 is 12.4 Å². The first-order chi connectivity index (χ1) is 5.50. The molecule has 0 aliphatic rings. The highest BCUT2D eigenvalue weighted by molar-refractivity contribution is 5.93. The van der Waals surface area contributed by atoms with Crippen LogP contribution in [-0.4, -0.2) is 36.6 Å². The molecule has 0 saturated carbocycles. The molecule has 0 unspecified atom stereocenters. The number of carbonyl (C=O) groups excluding carboxylic acids is 1. The van der Waals surface area contributed by atoms with Crippen molar-refractivity contribution in [2.24, 2.45) is 5.73 Å². The van der Waals surface area contributed by atoms with Crippen LogP contribution in [0, 0.1) is 0 Å². The Hall–Kier alpha value is -0.740.